The topological polar surface area (TPSA) is 32.3 Å². The molecule has 9 heavy (non-hydrogen) atoms. The van der Waals surface area contributed by atoms with Gasteiger partial charge < -0.3 is 10.4 Å². The highest BCUT2D eigenvalue weighted by Gasteiger charge is 2.12. The van der Waals surface area contributed by atoms with Gasteiger partial charge in [-0.2, -0.15) is 0 Å². The van der Waals surface area contributed by atoms with E-state index in [4.69, 9.17) is 28.3 Å². The molecule has 0 radical (unpaired) electrons. The summed E-state index contributed by atoms with van der Waals surface area (Å²) in [6, 6.07) is 0. The Kier molecular flexibility index (Phi) is 2.01. The number of rotatable bonds is 0. The Labute approximate surface area is 62.8 Å². The van der Waals surface area contributed by atoms with Gasteiger partial charge in [-0.25, -0.2) is 0 Å². The van der Waals surface area contributed by atoms with Gasteiger partial charge in [0.1, 0.15) is 11.3 Å². The first-order valence-corrected chi connectivity index (χ1v) is 3.14. The third-order valence-electron chi connectivity index (χ3n) is 0.958. The molecule has 1 unspecified atom stereocenters. The summed E-state index contributed by atoms with van der Waals surface area (Å²) < 4.78 is 0. The SMILES string of the molecule is OC1C=CNC(Cl)=C1Cl. The molecule has 2 N–H and O–H groups in total. The Morgan fingerprint density at radius 1 is 1.56 bits per heavy atom. The molecule has 1 rings (SSSR count). The Hall–Kier alpha value is -0.180. The number of aliphatic hydroxyl groups is 1. The summed E-state index contributed by atoms with van der Waals surface area (Å²) >= 11 is 11.0. The van der Waals surface area contributed by atoms with Crippen molar-refractivity contribution in [1.29, 1.82) is 0 Å². The Balaban J connectivity index is 2.79. The minimum Gasteiger partial charge on any atom is -0.383 e. The Bertz CT molecular complexity index is 176. The fourth-order valence-corrected chi connectivity index (χ4v) is 0.798. The van der Waals surface area contributed by atoms with Crippen LogP contribution in [0.15, 0.2) is 22.5 Å². The van der Waals surface area contributed by atoms with Crippen LogP contribution in [-0.2, 0) is 0 Å². The van der Waals surface area contributed by atoms with E-state index in [-0.39, 0.29) is 10.2 Å². The second kappa shape index (κ2) is 2.60. The predicted molar refractivity (Wildman–Crippen MR) is 37.0 cm³/mol. The molecule has 4 heteroatoms. The molecular formula is C5H5Cl2NO. The highest BCUT2D eigenvalue weighted by atomic mass is 35.5. The van der Waals surface area contributed by atoms with Crippen molar-refractivity contribution in [3.8, 4) is 0 Å². The highest BCUT2D eigenvalue weighted by molar-refractivity contribution is 6.39. The molecule has 0 aromatic carbocycles. The summed E-state index contributed by atoms with van der Waals surface area (Å²) in [5.41, 5.74) is 0. The van der Waals surface area contributed by atoms with Crippen LogP contribution in [0.5, 0.6) is 0 Å². The van der Waals surface area contributed by atoms with Crippen LogP contribution in [-0.4, -0.2) is 11.2 Å². The zero-order valence-electron chi connectivity index (χ0n) is 4.44. The highest BCUT2D eigenvalue weighted by Crippen LogP contribution is 2.18. The summed E-state index contributed by atoms with van der Waals surface area (Å²) in [4.78, 5) is 0. The third-order valence-corrected chi connectivity index (χ3v) is 1.78. The van der Waals surface area contributed by atoms with Gasteiger partial charge in [-0.1, -0.05) is 23.2 Å². The molecule has 2 nitrogen and oxygen atoms in total. The van der Waals surface area contributed by atoms with Crippen molar-refractivity contribution < 1.29 is 5.11 Å². The zero-order chi connectivity index (χ0) is 6.85. The lowest BCUT2D eigenvalue weighted by Gasteiger charge is -2.11. The van der Waals surface area contributed by atoms with Crippen LogP contribution in [0.2, 0.25) is 0 Å². The number of aliphatic hydroxyl groups excluding tert-OH is 1. The molecule has 1 aliphatic heterocycles. The van der Waals surface area contributed by atoms with Crippen molar-refractivity contribution in [2.75, 3.05) is 0 Å². The number of nitrogens with one attached hydrogen (secondary N) is 1. The van der Waals surface area contributed by atoms with Crippen molar-refractivity contribution in [2.45, 2.75) is 6.10 Å². The van der Waals surface area contributed by atoms with Gasteiger partial charge in [-0.15, -0.1) is 0 Å². The molecule has 0 aromatic rings. The van der Waals surface area contributed by atoms with E-state index < -0.39 is 6.10 Å². The van der Waals surface area contributed by atoms with Crippen LogP contribution in [0.4, 0.5) is 0 Å². The molecule has 0 amide bonds. The van der Waals surface area contributed by atoms with Crippen molar-refractivity contribution in [2.24, 2.45) is 0 Å². The van der Waals surface area contributed by atoms with E-state index in [0.29, 0.717) is 0 Å². The number of hydrogen-bond acceptors (Lipinski definition) is 2. The Morgan fingerprint density at radius 3 is 2.67 bits per heavy atom. The van der Waals surface area contributed by atoms with Crippen molar-refractivity contribution in [3.63, 3.8) is 0 Å². The van der Waals surface area contributed by atoms with Gasteiger partial charge in [0.2, 0.25) is 0 Å². The molecule has 50 valence electrons. The quantitative estimate of drug-likeness (QED) is 0.528. The summed E-state index contributed by atoms with van der Waals surface area (Å²) in [6.45, 7) is 0. The van der Waals surface area contributed by atoms with Crippen LogP contribution < -0.4 is 5.32 Å². The lowest BCUT2D eigenvalue weighted by Crippen LogP contribution is -2.15. The smallest absolute Gasteiger partial charge is 0.123 e. The maximum atomic E-state index is 8.95. The molecule has 0 spiro atoms. The molecule has 0 aromatic heterocycles. The zero-order valence-corrected chi connectivity index (χ0v) is 5.95. The second-order valence-corrected chi connectivity index (χ2v) is 2.40. The van der Waals surface area contributed by atoms with Crippen molar-refractivity contribution in [3.05, 3.63) is 22.5 Å². The second-order valence-electron chi connectivity index (χ2n) is 1.61. The minimum atomic E-state index is -0.750. The molecule has 0 saturated carbocycles. The molecule has 1 aliphatic rings. The average molecular weight is 166 g/mol. The maximum Gasteiger partial charge on any atom is 0.123 e. The van der Waals surface area contributed by atoms with E-state index in [1.54, 1.807) is 6.20 Å². The van der Waals surface area contributed by atoms with Crippen LogP contribution in [0, 0.1) is 0 Å². The summed E-state index contributed by atoms with van der Waals surface area (Å²) in [5.74, 6) is 0. The molecule has 0 aliphatic carbocycles. The fourth-order valence-electron chi connectivity index (χ4n) is 0.496. The predicted octanol–water partition coefficient (Wildman–Crippen LogP) is 1.11. The largest absolute Gasteiger partial charge is 0.383 e. The van der Waals surface area contributed by atoms with Crippen LogP contribution in [0.25, 0.3) is 0 Å². The number of hydrogen-bond donors (Lipinski definition) is 2. The number of halogens is 2. The molecule has 1 atom stereocenters. The van der Waals surface area contributed by atoms with E-state index in [1.165, 1.54) is 6.08 Å². The van der Waals surface area contributed by atoms with Crippen molar-refractivity contribution >= 4 is 23.2 Å². The summed E-state index contributed by atoms with van der Waals surface area (Å²) in [6.07, 6.45) is 2.30. The first kappa shape index (κ1) is 6.93. The number of dihydropyridines is 1. The van der Waals surface area contributed by atoms with Crippen molar-refractivity contribution in [1.82, 2.24) is 5.32 Å². The van der Waals surface area contributed by atoms with E-state index in [1.807, 2.05) is 0 Å². The summed E-state index contributed by atoms with van der Waals surface area (Å²) in [7, 11) is 0. The molecule has 0 bridgehead atoms. The Morgan fingerprint density at radius 2 is 2.22 bits per heavy atom. The lowest BCUT2D eigenvalue weighted by molar-refractivity contribution is 0.264. The van der Waals surface area contributed by atoms with Crippen LogP contribution >= 0.6 is 23.2 Å². The monoisotopic (exact) mass is 165 g/mol. The van der Waals surface area contributed by atoms with Gasteiger partial charge in [0.25, 0.3) is 0 Å². The first-order chi connectivity index (χ1) is 4.22. The summed E-state index contributed by atoms with van der Waals surface area (Å²) in [5, 5.41) is 12.1. The van der Waals surface area contributed by atoms with Crippen LogP contribution in [0.3, 0.4) is 0 Å². The van der Waals surface area contributed by atoms with E-state index in [9.17, 15) is 0 Å². The van der Waals surface area contributed by atoms with E-state index in [0.717, 1.165) is 0 Å². The normalized spacial score (nSPS) is 26.3. The molecule has 0 fully saturated rings. The molecule has 0 saturated heterocycles. The van der Waals surface area contributed by atoms with Gasteiger partial charge in [0, 0.05) is 6.20 Å². The van der Waals surface area contributed by atoms with Gasteiger partial charge in [-0.05, 0) is 6.08 Å². The maximum absolute atomic E-state index is 8.95. The van der Waals surface area contributed by atoms with Gasteiger partial charge in [0.15, 0.2) is 0 Å². The third kappa shape index (κ3) is 1.39. The fraction of sp³-hybridized carbons (Fsp3) is 0.200. The minimum absolute atomic E-state index is 0.235. The van der Waals surface area contributed by atoms with Gasteiger partial charge in [-0.3, -0.25) is 0 Å². The lowest BCUT2D eigenvalue weighted by atomic mass is 10.3. The van der Waals surface area contributed by atoms with Gasteiger partial charge >= 0.3 is 0 Å². The van der Waals surface area contributed by atoms with Crippen LogP contribution in [0.1, 0.15) is 0 Å². The first-order valence-electron chi connectivity index (χ1n) is 2.38. The standard InChI is InChI=1S/C5H5Cl2NO/c6-4-3(9)1-2-8-5(4)7/h1-3,8-9H. The average Bonchev–Trinajstić information content (AvgIpc) is 1.83. The molecular weight excluding hydrogens is 161 g/mol. The van der Waals surface area contributed by atoms with Gasteiger partial charge in [0.05, 0.1) is 5.03 Å². The van der Waals surface area contributed by atoms with E-state index >= 15 is 0 Å². The van der Waals surface area contributed by atoms with E-state index in [2.05, 4.69) is 5.32 Å². The molecule has 1 heterocycles.